The number of hydrogen-bond donors (Lipinski definition) is 1. The van der Waals surface area contributed by atoms with Crippen molar-refractivity contribution in [3.63, 3.8) is 0 Å². The van der Waals surface area contributed by atoms with E-state index in [2.05, 4.69) is 24.8 Å². The highest BCUT2D eigenvalue weighted by Gasteiger charge is 2.19. The first-order valence-corrected chi connectivity index (χ1v) is 5.81. The van der Waals surface area contributed by atoms with E-state index in [0.29, 0.717) is 12.1 Å². The van der Waals surface area contributed by atoms with Crippen molar-refractivity contribution >= 4 is 5.69 Å². The summed E-state index contributed by atoms with van der Waals surface area (Å²) in [6, 6.07) is 8.12. The van der Waals surface area contributed by atoms with Crippen molar-refractivity contribution in [3.05, 3.63) is 29.3 Å². The van der Waals surface area contributed by atoms with Gasteiger partial charge in [-0.1, -0.05) is 19.9 Å². The fourth-order valence-corrected chi connectivity index (χ4v) is 1.84. The molecule has 0 unspecified atom stereocenters. The molecule has 1 aromatic carbocycles. The van der Waals surface area contributed by atoms with Gasteiger partial charge in [-0.3, -0.25) is 0 Å². The Hall–Kier alpha value is -1.53. The summed E-state index contributed by atoms with van der Waals surface area (Å²) in [5.41, 5.74) is 8.65. The molecule has 3 nitrogen and oxygen atoms in total. The van der Waals surface area contributed by atoms with E-state index in [-0.39, 0.29) is 5.41 Å². The number of anilines is 1. The molecule has 0 aliphatic heterocycles. The van der Waals surface area contributed by atoms with Gasteiger partial charge in [0.15, 0.2) is 0 Å². The van der Waals surface area contributed by atoms with Crippen LogP contribution < -0.4 is 10.6 Å². The monoisotopic (exact) mass is 231 g/mol. The van der Waals surface area contributed by atoms with Gasteiger partial charge in [-0.25, -0.2) is 0 Å². The van der Waals surface area contributed by atoms with E-state index in [1.165, 1.54) is 0 Å². The van der Waals surface area contributed by atoms with Gasteiger partial charge in [0.1, 0.15) is 6.07 Å². The molecule has 0 heterocycles. The van der Waals surface area contributed by atoms with Crippen molar-refractivity contribution in [2.75, 3.05) is 25.0 Å². The Morgan fingerprint density at radius 3 is 2.59 bits per heavy atom. The van der Waals surface area contributed by atoms with E-state index in [1.807, 2.05) is 32.2 Å². The average Bonchev–Trinajstić information content (AvgIpc) is 2.28. The van der Waals surface area contributed by atoms with Gasteiger partial charge in [0.2, 0.25) is 0 Å². The van der Waals surface area contributed by atoms with E-state index in [9.17, 15) is 0 Å². The van der Waals surface area contributed by atoms with Gasteiger partial charge < -0.3 is 10.6 Å². The molecule has 0 radical (unpaired) electrons. The lowest BCUT2D eigenvalue weighted by atomic mass is 9.93. The highest BCUT2D eigenvalue weighted by molar-refractivity contribution is 5.60. The third-order valence-corrected chi connectivity index (χ3v) is 2.90. The first kappa shape index (κ1) is 13.5. The second kappa shape index (κ2) is 5.20. The highest BCUT2D eigenvalue weighted by atomic mass is 15.1. The fourth-order valence-electron chi connectivity index (χ4n) is 1.84. The molecule has 0 spiro atoms. The van der Waals surface area contributed by atoms with Gasteiger partial charge in [0, 0.05) is 13.6 Å². The summed E-state index contributed by atoms with van der Waals surface area (Å²) in [4.78, 5) is 2.11. The van der Waals surface area contributed by atoms with Crippen LogP contribution in [0.5, 0.6) is 0 Å². The fraction of sp³-hybridized carbons (Fsp3) is 0.500. The molecule has 92 valence electrons. The maximum absolute atomic E-state index is 9.11. The number of hydrogen-bond acceptors (Lipinski definition) is 3. The number of nitrogens with zero attached hydrogens (tertiary/aromatic N) is 2. The van der Waals surface area contributed by atoms with E-state index in [1.54, 1.807) is 0 Å². The lowest BCUT2D eigenvalue weighted by Gasteiger charge is -2.31. The summed E-state index contributed by atoms with van der Waals surface area (Å²) in [7, 11) is 2.01. The van der Waals surface area contributed by atoms with E-state index < -0.39 is 0 Å². The van der Waals surface area contributed by atoms with Gasteiger partial charge in [-0.2, -0.15) is 5.26 Å². The van der Waals surface area contributed by atoms with Gasteiger partial charge in [0.25, 0.3) is 0 Å². The molecular weight excluding hydrogens is 210 g/mol. The van der Waals surface area contributed by atoms with Gasteiger partial charge in [-0.15, -0.1) is 0 Å². The summed E-state index contributed by atoms with van der Waals surface area (Å²) in [6.07, 6.45) is 0. The Morgan fingerprint density at radius 2 is 2.06 bits per heavy atom. The molecule has 0 saturated carbocycles. The summed E-state index contributed by atoms with van der Waals surface area (Å²) in [5, 5.41) is 9.11. The minimum Gasteiger partial charge on any atom is -0.373 e. The normalized spacial score (nSPS) is 11.1. The van der Waals surface area contributed by atoms with Gasteiger partial charge >= 0.3 is 0 Å². The molecule has 2 N–H and O–H groups in total. The molecule has 0 aliphatic rings. The Bertz CT molecular complexity index is 430. The van der Waals surface area contributed by atoms with Crippen LogP contribution in [0.25, 0.3) is 0 Å². The number of aryl methyl sites for hydroxylation is 1. The third kappa shape index (κ3) is 3.47. The summed E-state index contributed by atoms with van der Waals surface area (Å²) in [6.45, 7) is 7.76. The molecule has 0 aromatic heterocycles. The van der Waals surface area contributed by atoms with Crippen molar-refractivity contribution < 1.29 is 0 Å². The van der Waals surface area contributed by atoms with Crippen LogP contribution in [0.15, 0.2) is 18.2 Å². The molecule has 1 aromatic rings. The van der Waals surface area contributed by atoms with E-state index >= 15 is 0 Å². The number of benzene rings is 1. The maximum atomic E-state index is 9.11. The second-order valence-corrected chi connectivity index (χ2v) is 5.36. The smallest absolute Gasteiger partial charge is 0.101 e. The molecule has 0 saturated heterocycles. The minimum absolute atomic E-state index is 0.0468. The molecule has 0 fully saturated rings. The molecule has 3 heteroatoms. The molecule has 1 rings (SSSR count). The summed E-state index contributed by atoms with van der Waals surface area (Å²) >= 11 is 0. The van der Waals surface area contributed by atoms with Crippen LogP contribution in [-0.4, -0.2) is 20.1 Å². The Kier molecular flexibility index (Phi) is 4.14. The predicted molar refractivity (Wildman–Crippen MR) is 72.0 cm³/mol. The quantitative estimate of drug-likeness (QED) is 0.865. The summed E-state index contributed by atoms with van der Waals surface area (Å²) < 4.78 is 0. The minimum atomic E-state index is 0.0468. The number of nitriles is 1. The lowest BCUT2D eigenvalue weighted by Crippen LogP contribution is -2.37. The zero-order valence-corrected chi connectivity index (χ0v) is 11.1. The van der Waals surface area contributed by atoms with Crippen molar-refractivity contribution in [1.82, 2.24) is 0 Å². The van der Waals surface area contributed by atoms with Gasteiger partial charge in [-0.05, 0) is 36.6 Å². The third-order valence-electron chi connectivity index (χ3n) is 2.90. The topological polar surface area (TPSA) is 53.0 Å². The second-order valence-electron chi connectivity index (χ2n) is 5.36. The Labute approximate surface area is 104 Å². The number of rotatable bonds is 4. The van der Waals surface area contributed by atoms with Crippen LogP contribution in [-0.2, 0) is 0 Å². The maximum Gasteiger partial charge on any atom is 0.101 e. The predicted octanol–water partition coefficient (Wildman–Crippen LogP) is 2.29. The largest absolute Gasteiger partial charge is 0.373 e. The van der Waals surface area contributed by atoms with Crippen LogP contribution in [0.2, 0.25) is 0 Å². The van der Waals surface area contributed by atoms with Crippen LogP contribution in [0, 0.1) is 23.7 Å². The standard InChI is InChI=1S/C14H21N3/c1-11-5-6-12(8-15)13(7-11)17(4)10-14(2,3)9-16/h5-7H,9-10,16H2,1-4H3. The Balaban J connectivity index is 3.00. The SMILES string of the molecule is Cc1ccc(C#N)c(N(C)CC(C)(C)CN)c1. The molecule has 0 bridgehead atoms. The number of nitrogens with two attached hydrogens (primary N) is 1. The summed E-state index contributed by atoms with van der Waals surface area (Å²) in [5.74, 6) is 0. The van der Waals surface area contributed by atoms with Crippen molar-refractivity contribution in [2.45, 2.75) is 20.8 Å². The molecule has 0 amide bonds. The average molecular weight is 231 g/mol. The van der Waals surface area contributed by atoms with Gasteiger partial charge in [0.05, 0.1) is 11.3 Å². The first-order chi connectivity index (χ1) is 7.89. The Morgan fingerprint density at radius 1 is 1.41 bits per heavy atom. The zero-order chi connectivity index (χ0) is 13.1. The van der Waals surface area contributed by atoms with Crippen LogP contribution in [0.3, 0.4) is 0 Å². The van der Waals surface area contributed by atoms with Crippen molar-refractivity contribution in [1.29, 1.82) is 5.26 Å². The van der Waals surface area contributed by atoms with E-state index in [0.717, 1.165) is 17.8 Å². The van der Waals surface area contributed by atoms with Crippen molar-refractivity contribution in [3.8, 4) is 6.07 Å². The molecule has 0 atom stereocenters. The molecular formula is C14H21N3. The van der Waals surface area contributed by atoms with Crippen molar-refractivity contribution in [2.24, 2.45) is 11.1 Å². The zero-order valence-electron chi connectivity index (χ0n) is 11.1. The molecule has 17 heavy (non-hydrogen) atoms. The van der Waals surface area contributed by atoms with Crippen LogP contribution in [0.1, 0.15) is 25.0 Å². The first-order valence-electron chi connectivity index (χ1n) is 5.81. The lowest BCUT2D eigenvalue weighted by molar-refractivity contribution is 0.385. The van der Waals surface area contributed by atoms with Crippen LogP contribution in [0.4, 0.5) is 5.69 Å². The highest BCUT2D eigenvalue weighted by Crippen LogP contribution is 2.24. The molecule has 0 aliphatic carbocycles. The van der Waals surface area contributed by atoms with E-state index in [4.69, 9.17) is 11.0 Å². The van der Waals surface area contributed by atoms with Crippen LogP contribution >= 0.6 is 0 Å².